The van der Waals surface area contributed by atoms with Gasteiger partial charge in [-0.1, -0.05) is 0 Å². The van der Waals surface area contributed by atoms with E-state index < -0.39 is 11.6 Å². The van der Waals surface area contributed by atoms with Crippen LogP contribution >= 0.6 is 0 Å². The summed E-state index contributed by atoms with van der Waals surface area (Å²) < 4.78 is 19.3. The van der Waals surface area contributed by atoms with Gasteiger partial charge in [-0.25, -0.2) is 4.39 Å². The van der Waals surface area contributed by atoms with Crippen LogP contribution in [0.5, 0.6) is 5.75 Å². The van der Waals surface area contributed by atoms with Crippen molar-refractivity contribution in [1.29, 1.82) is 0 Å². The second kappa shape index (κ2) is 5.14. The number of phenolic OH excluding ortho intramolecular Hbond substituents is 1. The van der Waals surface area contributed by atoms with E-state index in [4.69, 9.17) is 4.42 Å². The fourth-order valence-corrected chi connectivity index (χ4v) is 2.15. The molecule has 5 nitrogen and oxygen atoms in total. The van der Waals surface area contributed by atoms with E-state index >= 15 is 0 Å². The van der Waals surface area contributed by atoms with Crippen molar-refractivity contribution in [3.63, 3.8) is 0 Å². The van der Waals surface area contributed by atoms with Gasteiger partial charge in [-0.05, 0) is 24.3 Å². The first-order valence-electron chi connectivity index (χ1n) is 6.56. The molecule has 0 aliphatic rings. The number of aromatic nitrogens is 1. The molecule has 3 rings (SSSR count). The van der Waals surface area contributed by atoms with Crippen LogP contribution in [0.4, 0.5) is 10.3 Å². The van der Waals surface area contributed by atoms with Crippen molar-refractivity contribution < 1.29 is 13.9 Å². The van der Waals surface area contributed by atoms with Gasteiger partial charge in [0.15, 0.2) is 28.5 Å². The Balaban J connectivity index is 2.34. The third kappa shape index (κ3) is 2.28. The highest BCUT2D eigenvalue weighted by Crippen LogP contribution is 2.29. The summed E-state index contributed by atoms with van der Waals surface area (Å²) in [5.41, 5.74) is 0.841. The molecule has 0 atom stereocenters. The van der Waals surface area contributed by atoms with E-state index in [-0.39, 0.29) is 11.0 Å². The zero-order valence-corrected chi connectivity index (χ0v) is 12.0. The zero-order chi connectivity index (χ0) is 15.9. The molecule has 22 heavy (non-hydrogen) atoms. The fraction of sp³-hybridized carbons (Fsp3) is 0.125. The van der Waals surface area contributed by atoms with Gasteiger partial charge in [-0.2, -0.15) is 0 Å². The number of hydrogen-bond acceptors (Lipinski definition) is 5. The van der Waals surface area contributed by atoms with Crippen LogP contribution in [-0.4, -0.2) is 24.2 Å². The second-order valence-electron chi connectivity index (χ2n) is 5.05. The Labute approximate surface area is 125 Å². The Hall–Kier alpha value is -2.89. The van der Waals surface area contributed by atoms with Crippen molar-refractivity contribution >= 4 is 16.9 Å². The molecular weight excluding hydrogens is 287 g/mol. The standard InChI is InChI=1S/C16H13FN2O3/c1-19(2)14-8-13(21)10-5-6-18-15(16(10)22-14)9-3-4-12(20)11(17)7-9/h3-8,20H,1-2H3. The number of pyridine rings is 1. The molecule has 0 spiro atoms. The van der Waals surface area contributed by atoms with Gasteiger partial charge in [0.25, 0.3) is 0 Å². The van der Waals surface area contributed by atoms with E-state index in [0.29, 0.717) is 22.5 Å². The van der Waals surface area contributed by atoms with Gasteiger partial charge >= 0.3 is 0 Å². The van der Waals surface area contributed by atoms with Gasteiger partial charge in [-0.15, -0.1) is 0 Å². The Morgan fingerprint density at radius 2 is 2.00 bits per heavy atom. The van der Waals surface area contributed by atoms with Crippen molar-refractivity contribution in [1.82, 2.24) is 4.98 Å². The summed E-state index contributed by atoms with van der Waals surface area (Å²) in [6.07, 6.45) is 1.47. The molecule has 0 radical (unpaired) electrons. The first-order chi connectivity index (χ1) is 10.5. The molecule has 3 aromatic rings. The van der Waals surface area contributed by atoms with Gasteiger partial charge < -0.3 is 14.4 Å². The minimum absolute atomic E-state index is 0.201. The highest BCUT2D eigenvalue weighted by Gasteiger charge is 2.14. The van der Waals surface area contributed by atoms with Crippen LogP contribution in [0.3, 0.4) is 0 Å². The molecule has 0 saturated heterocycles. The predicted octanol–water partition coefficient (Wildman–Crippen LogP) is 2.77. The third-order valence-electron chi connectivity index (χ3n) is 3.29. The number of aromatic hydroxyl groups is 1. The lowest BCUT2D eigenvalue weighted by Gasteiger charge is -2.12. The largest absolute Gasteiger partial charge is 0.505 e. The van der Waals surface area contributed by atoms with Crippen molar-refractivity contribution in [2.75, 3.05) is 19.0 Å². The van der Waals surface area contributed by atoms with Crippen LogP contribution < -0.4 is 10.3 Å². The number of phenols is 1. The Morgan fingerprint density at radius 3 is 2.68 bits per heavy atom. The van der Waals surface area contributed by atoms with E-state index in [0.717, 1.165) is 6.07 Å². The number of benzene rings is 1. The quantitative estimate of drug-likeness (QED) is 0.788. The highest BCUT2D eigenvalue weighted by atomic mass is 19.1. The third-order valence-corrected chi connectivity index (χ3v) is 3.29. The van der Waals surface area contributed by atoms with Crippen LogP contribution in [0.2, 0.25) is 0 Å². The Kier molecular flexibility index (Phi) is 3.29. The number of halogens is 1. The highest BCUT2D eigenvalue weighted by molar-refractivity contribution is 5.90. The molecule has 2 heterocycles. The number of nitrogens with zero attached hydrogens (tertiary/aromatic N) is 2. The number of rotatable bonds is 2. The molecule has 1 N–H and O–H groups in total. The smallest absolute Gasteiger partial charge is 0.199 e. The van der Waals surface area contributed by atoms with Gasteiger partial charge in [0.05, 0.1) is 5.39 Å². The maximum Gasteiger partial charge on any atom is 0.199 e. The maximum absolute atomic E-state index is 13.6. The van der Waals surface area contributed by atoms with Crippen LogP contribution in [0, 0.1) is 5.82 Å². The van der Waals surface area contributed by atoms with E-state index in [1.165, 1.54) is 24.4 Å². The number of hydrogen-bond donors (Lipinski definition) is 1. The molecule has 0 unspecified atom stereocenters. The first kappa shape index (κ1) is 14.1. The molecule has 112 valence electrons. The second-order valence-corrected chi connectivity index (χ2v) is 5.05. The van der Waals surface area contributed by atoms with E-state index in [2.05, 4.69) is 4.98 Å². The summed E-state index contributed by atoms with van der Waals surface area (Å²) in [6.45, 7) is 0. The van der Waals surface area contributed by atoms with Gasteiger partial charge in [0.1, 0.15) is 5.69 Å². The van der Waals surface area contributed by atoms with Crippen LogP contribution in [0.15, 0.2) is 45.7 Å². The van der Waals surface area contributed by atoms with Gasteiger partial charge in [0.2, 0.25) is 0 Å². The number of anilines is 1. The van der Waals surface area contributed by atoms with E-state index in [1.807, 2.05) is 0 Å². The molecule has 0 aliphatic heterocycles. The SMILES string of the molecule is CN(C)c1cc(=O)c2ccnc(-c3ccc(O)c(F)c3)c2o1. The minimum Gasteiger partial charge on any atom is -0.505 e. The fourth-order valence-electron chi connectivity index (χ4n) is 2.15. The Morgan fingerprint density at radius 1 is 1.23 bits per heavy atom. The molecule has 2 aromatic heterocycles. The normalized spacial score (nSPS) is 10.9. The minimum atomic E-state index is -0.762. The van der Waals surface area contributed by atoms with Crippen LogP contribution in [0.1, 0.15) is 0 Å². The van der Waals surface area contributed by atoms with Crippen LogP contribution in [-0.2, 0) is 0 Å². The van der Waals surface area contributed by atoms with Gasteiger partial charge in [0, 0.05) is 31.9 Å². The maximum atomic E-state index is 13.6. The van der Waals surface area contributed by atoms with E-state index in [1.54, 1.807) is 25.1 Å². The lowest BCUT2D eigenvalue weighted by atomic mass is 10.1. The van der Waals surface area contributed by atoms with Crippen LogP contribution in [0.25, 0.3) is 22.2 Å². The summed E-state index contributed by atoms with van der Waals surface area (Å²) >= 11 is 0. The van der Waals surface area contributed by atoms with Crippen molar-refractivity contribution in [3.8, 4) is 17.0 Å². The molecule has 1 aromatic carbocycles. The Bertz CT molecular complexity index is 919. The summed E-state index contributed by atoms with van der Waals surface area (Å²) in [4.78, 5) is 18.0. The topological polar surface area (TPSA) is 66.6 Å². The van der Waals surface area contributed by atoms with Crippen molar-refractivity contribution in [3.05, 3.63) is 52.6 Å². The lowest BCUT2D eigenvalue weighted by molar-refractivity contribution is 0.432. The average molecular weight is 300 g/mol. The van der Waals surface area contributed by atoms with E-state index in [9.17, 15) is 14.3 Å². The average Bonchev–Trinajstić information content (AvgIpc) is 2.49. The summed E-state index contributed by atoms with van der Waals surface area (Å²) in [6, 6.07) is 6.85. The molecule has 0 fully saturated rings. The monoisotopic (exact) mass is 300 g/mol. The molecular formula is C16H13FN2O3. The lowest BCUT2D eigenvalue weighted by Crippen LogP contribution is -2.12. The summed E-state index contributed by atoms with van der Waals surface area (Å²) in [5.74, 6) is -0.826. The number of fused-ring (bicyclic) bond motifs is 1. The predicted molar refractivity (Wildman–Crippen MR) is 81.7 cm³/mol. The molecule has 0 saturated carbocycles. The van der Waals surface area contributed by atoms with Crippen molar-refractivity contribution in [2.24, 2.45) is 0 Å². The molecule has 0 bridgehead atoms. The molecule has 0 amide bonds. The summed E-state index contributed by atoms with van der Waals surface area (Å²) in [5, 5.41) is 9.65. The van der Waals surface area contributed by atoms with Crippen molar-refractivity contribution in [2.45, 2.75) is 0 Å². The summed E-state index contributed by atoms with van der Waals surface area (Å²) in [7, 11) is 3.50. The molecule has 0 aliphatic carbocycles. The molecule has 6 heteroatoms. The zero-order valence-electron chi connectivity index (χ0n) is 12.0. The van der Waals surface area contributed by atoms with Gasteiger partial charge in [-0.3, -0.25) is 9.78 Å². The first-order valence-corrected chi connectivity index (χ1v) is 6.56.